The second-order valence-corrected chi connectivity index (χ2v) is 7.01. The van der Waals surface area contributed by atoms with Crippen molar-refractivity contribution in [3.8, 4) is 0 Å². The Kier molecular flexibility index (Phi) is 8.16. The van der Waals surface area contributed by atoms with Gasteiger partial charge in [-0.3, -0.25) is 9.67 Å². The molecule has 27 heavy (non-hydrogen) atoms. The van der Waals surface area contributed by atoms with Gasteiger partial charge in [0, 0.05) is 51.2 Å². The fourth-order valence-corrected chi connectivity index (χ4v) is 3.28. The van der Waals surface area contributed by atoms with E-state index in [9.17, 15) is 0 Å². The first-order valence-corrected chi connectivity index (χ1v) is 9.21. The van der Waals surface area contributed by atoms with Crippen molar-refractivity contribution in [1.82, 2.24) is 35.4 Å². The maximum atomic E-state index is 4.36. The van der Waals surface area contributed by atoms with Crippen molar-refractivity contribution in [2.24, 2.45) is 12.0 Å². The molecule has 3 rings (SSSR count). The van der Waals surface area contributed by atoms with Crippen LogP contribution in [0.4, 0.5) is 5.82 Å². The second-order valence-electron chi connectivity index (χ2n) is 5.69. The number of nitrogens with zero attached hydrogens (tertiary/aromatic N) is 6. The highest BCUT2D eigenvalue weighted by Gasteiger charge is 2.07. The zero-order valence-electron chi connectivity index (χ0n) is 15.6. The molecular weight excluding hydrogens is 477 g/mol. The molecule has 0 radical (unpaired) electrons. The van der Waals surface area contributed by atoms with E-state index in [0.29, 0.717) is 13.1 Å². The van der Waals surface area contributed by atoms with Crippen molar-refractivity contribution >= 4 is 58.1 Å². The lowest BCUT2D eigenvalue weighted by molar-refractivity contribution is 0.785. The lowest BCUT2D eigenvalue weighted by atomic mass is 10.4. The first kappa shape index (κ1) is 21.3. The summed E-state index contributed by atoms with van der Waals surface area (Å²) in [5.41, 5.74) is 0.811. The molecular formula is C16H24IN9S. The van der Waals surface area contributed by atoms with E-state index in [2.05, 4.69) is 47.9 Å². The van der Waals surface area contributed by atoms with Crippen LogP contribution in [0.25, 0.3) is 11.0 Å². The normalized spacial score (nSPS) is 11.3. The van der Waals surface area contributed by atoms with Crippen molar-refractivity contribution in [2.45, 2.75) is 13.3 Å². The van der Waals surface area contributed by atoms with E-state index in [-0.39, 0.29) is 24.0 Å². The van der Waals surface area contributed by atoms with Gasteiger partial charge >= 0.3 is 0 Å². The predicted molar refractivity (Wildman–Crippen MR) is 120 cm³/mol. The maximum Gasteiger partial charge on any atom is 0.191 e. The average Bonchev–Trinajstić information content (AvgIpc) is 3.23. The SMILES string of the molecule is CN=C(NCCNc1ncnc2c1cnn2C)NCCc1ncc(C)s1.I. The maximum absolute atomic E-state index is 4.36. The van der Waals surface area contributed by atoms with Crippen LogP contribution in [0.1, 0.15) is 9.88 Å². The van der Waals surface area contributed by atoms with Crippen LogP contribution in [0, 0.1) is 6.92 Å². The Balaban J connectivity index is 0.00000261. The summed E-state index contributed by atoms with van der Waals surface area (Å²) >= 11 is 1.73. The first-order valence-electron chi connectivity index (χ1n) is 8.40. The van der Waals surface area contributed by atoms with E-state index < -0.39 is 0 Å². The number of guanidine groups is 1. The summed E-state index contributed by atoms with van der Waals surface area (Å²) in [6.45, 7) is 4.27. The number of aromatic nitrogens is 5. The minimum absolute atomic E-state index is 0. The third-order valence-corrected chi connectivity index (χ3v) is 4.74. The molecule has 146 valence electrons. The molecule has 0 aromatic carbocycles. The highest BCUT2D eigenvalue weighted by Crippen LogP contribution is 2.17. The van der Waals surface area contributed by atoms with Crippen LogP contribution in [-0.4, -0.2) is 57.4 Å². The molecule has 9 nitrogen and oxygen atoms in total. The lowest BCUT2D eigenvalue weighted by Crippen LogP contribution is -2.40. The van der Waals surface area contributed by atoms with Crippen LogP contribution < -0.4 is 16.0 Å². The van der Waals surface area contributed by atoms with Gasteiger partial charge in [0.15, 0.2) is 11.6 Å². The van der Waals surface area contributed by atoms with Gasteiger partial charge in [0.05, 0.1) is 16.6 Å². The Morgan fingerprint density at radius 1 is 1.15 bits per heavy atom. The van der Waals surface area contributed by atoms with Crippen LogP contribution in [0.3, 0.4) is 0 Å². The fourth-order valence-electron chi connectivity index (χ4n) is 2.49. The van der Waals surface area contributed by atoms with Gasteiger partial charge in [-0.25, -0.2) is 15.0 Å². The molecule has 3 aromatic heterocycles. The number of thiazole rings is 1. The molecule has 0 bridgehead atoms. The second kappa shape index (κ2) is 10.3. The average molecular weight is 501 g/mol. The number of hydrogen-bond donors (Lipinski definition) is 3. The Morgan fingerprint density at radius 2 is 1.96 bits per heavy atom. The van der Waals surface area contributed by atoms with Crippen LogP contribution in [0.2, 0.25) is 0 Å². The minimum Gasteiger partial charge on any atom is -0.368 e. The lowest BCUT2D eigenvalue weighted by Gasteiger charge is -2.12. The van der Waals surface area contributed by atoms with Crippen molar-refractivity contribution in [2.75, 3.05) is 32.0 Å². The van der Waals surface area contributed by atoms with Crippen molar-refractivity contribution in [1.29, 1.82) is 0 Å². The molecule has 0 spiro atoms. The van der Waals surface area contributed by atoms with Gasteiger partial charge in [0.25, 0.3) is 0 Å². The summed E-state index contributed by atoms with van der Waals surface area (Å²) in [4.78, 5) is 18.4. The topological polar surface area (TPSA) is 105 Å². The molecule has 0 aliphatic rings. The molecule has 0 unspecified atom stereocenters. The molecule has 3 heterocycles. The molecule has 0 saturated heterocycles. The fraction of sp³-hybridized carbons (Fsp3) is 0.438. The van der Waals surface area contributed by atoms with Gasteiger partial charge in [-0.2, -0.15) is 5.10 Å². The van der Waals surface area contributed by atoms with E-state index in [0.717, 1.165) is 40.8 Å². The number of fused-ring (bicyclic) bond motifs is 1. The third kappa shape index (κ3) is 5.73. The number of nitrogens with one attached hydrogen (secondary N) is 3. The number of aliphatic imine (C=N–C) groups is 1. The standard InChI is InChI=1S/C16H23N9S.HI/c1-11-8-21-13(26-11)4-5-19-16(17-2)20-7-6-18-14-12-9-24-25(3)15(12)23-10-22-14;/h8-10H,4-7H2,1-3H3,(H2,17,19,20)(H,18,22,23);1H. The molecule has 0 saturated carbocycles. The molecule has 0 amide bonds. The van der Waals surface area contributed by atoms with Crippen molar-refractivity contribution < 1.29 is 0 Å². The Bertz CT molecular complexity index is 889. The Labute approximate surface area is 179 Å². The molecule has 0 aliphatic carbocycles. The number of aryl methyl sites for hydroxylation is 2. The van der Waals surface area contributed by atoms with E-state index in [4.69, 9.17) is 0 Å². The molecule has 11 heteroatoms. The summed E-state index contributed by atoms with van der Waals surface area (Å²) in [5.74, 6) is 1.56. The predicted octanol–water partition coefficient (Wildman–Crippen LogP) is 1.57. The zero-order valence-corrected chi connectivity index (χ0v) is 18.7. The molecule has 3 aromatic rings. The number of hydrogen-bond acceptors (Lipinski definition) is 7. The largest absolute Gasteiger partial charge is 0.368 e. The van der Waals surface area contributed by atoms with Crippen molar-refractivity contribution in [3.05, 3.63) is 28.6 Å². The molecule has 0 fully saturated rings. The Morgan fingerprint density at radius 3 is 2.70 bits per heavy atom. The quantitative estimate of drug-likeness (QED) is 0.195. The summed E-state index contributed by atoms with van der Waals surface area (Å²) in [6, 6.07) is 0. The molecule has 0 aliphatic heterocycles. The zero-order chi connectivity index (χ0) is 18.4. The van der Waals surface area contributed by atoms with E-state index in [1.807, 2.05) is 13.2 Å². The van der Waals surface area contributed by atoms with E-state index in [1.165, 1.54) is 4.88 Å². The van der Waals surface area contributed by atoms with Gasteiger partial charge < -0.3 is 16.0 Å². The Hall–Kier alpha value is -2.02. The van der Waals surface area contributed by atoms with Crippen molar-refractivity contribution in [3.63, 3.8) is 0 Å². The van der Waals surface area contributed by atoms with Crippen LogP contribution in [0.15, 0.2) is 23.7 Å². The third-order valence-electron chi connectivity index (χ3n) is 3.76. The van der Waals surface area contributed by atoms with Crippen LogP contribution >= 0.6 is 35.3 Å². The monoisotopic (exact) mass is 501 g/mol. The minimum atomic E-state index is 0. The number of rotatable bonds is 7. The van der Waals surface area contributed by atoms with Gasteiger partial charge in [-0.05, 0) is 6.92 Å². The highest BCUT2D eigenvalue weighted by molar-refractivity contribution is 14.0. The van der Waals surface area contributed by atoms with Gasteiger partial charge in [-0.1, -0.05) is 0 Å². The summed E-state index contributed by atoms with van der Waals surface area (Å²) in [5, 5.41) is 16.1. The first-order chi connectivity index (χ1) is 12.7. The number of anilines is 1. The van der Waals surface area contributed by atoms with Crippen LogP contribution in [0.5, 0.6) is 0 Å². The van der Waals surface area contributed by atoms with Gasteiger partial charge in [0.1, 0.15) is 12.1 Å². The van der Waals surface area contributed by atoms with Gasteiger partial charge in [-0.15, -0.1) is 35.3 Å². The number of halogens is 1. The van der Waals surface area contributed by atoms with E-state index >= 15 is 0 Å². The summed E-state index contributed by atoms with van der Waals surface area (Å²) in [6.07, 6.45) is 6.11. The van der Waals surface area contributed by atoms with Gasteiger partial charge in [0.2, 0.25) is 0 Å². The van der Waals surface area contributed by atoms with E-state index in [1.54, 1.807) is 35.6 Å². The molecule has 3 N–H and O–H groups in total. The van der Waals surface area contributed by atoms with Crippen LogP contribution in [-0.2, 0) is 13.5 Å². The smallest absolute Gasteiger partial charge is 0.191 e. The summed E-state index contributed by atoms with van der Waals surface area (Å²) in [7, 11) is 3.63. The highest BCUT2D eigenvalue weighted by atomic mass is 127. The molecule has 0 atom stereocenters. The summed E-state index contributed by atoms with van der Waals surface area (Å²) < 4.78 is 1.73.